The number of benzene rings is 1. The number of Topliss-reactive ketones (excluding diaryl/α,β-unsaturated/α-hetero) is 1. The molecule has 1 saturated carbocycles. The molecule has 2 saturated heterocycles. The summed E-state index contributed by atoms with van der Waals surface area (Å²) in [6.07, 6.45) is -4.72. The van der Waals surface area contributed by atoms with Gasteiger partial charge in [0.15, 0.2) is 5.78 Å². The maximum Gasteiger partial charge on any atom is 0.471 e. The maximum atomic E-state index is 13.9. The zero-order valence-electron chi connectivity index (χ0n) is 24.3. The second kappa shape index (κ2) is 12.3. The molecule has 0 spiro atoms. The summed E-state index contributed by atoms with van der Waals surface area (Å²) in [6, 6.07) is 2.67. The van der Waals surface area contributed by atoms with Gasteiger partial charge in [-0.3, -0.25) is 24.0 Å². The first kappa shape index (κ1) is 32.6. The van der Waals surface area contributed by atoms with Crippen LogP contribution < -0.4 is 20.7 Å². The van der Waals surface area contributed by atoms with Crippen LogP contribution in [0.3, 0.4) is 0 Å². The molecule has 10 nitrogen and oxygen atoms in total. The molecule has 1 aromatic carbocycles. The van der Waals surface area contributed by atoms with E-state index in [0.29, 0.717) is 23.7 Å². The molecule has 4 amide bonds. The standard InChI is InChI=1S/C29H36ClF3N4O6/c1-14(2)22(36-27(42)29(31,32)33)26(41)37-12-18-21(28(18,3)4)23(37)25(40)35-19(10-15-8-9-34-24(15)39)20(38)13-43-17-7-5-6-16(30)11-17/h5-7,11,14-15,18-19,21-23H,8-10,12-13H2,1-4H3,(H,34,39)(H,35,40)(H,36,42)/t15-,18-,19-,21-,22-,23-/m0/s1. The van der Waals surface area contributed by atoms with Crippen LogP contribution in [0, 0.1) is 29.1 Å². The summed E-state index contributed by atoms with van der Waals surface area (Å²) in [5.41, 5.74) is -0.331. The third-order valence-electron chi connectivity index (χ3n) is 8.80. The van der Waals surface area contributed by atoms with Gasteiger partial charge in [0.25, 0.3) is 0 Å². The van der Waals surface area contributed by atoms with E-state index < -0.39 is 66.2 Å². The molecule has 0 radical (unpaired) electrons. The number of alkyl halides is 3. The first-order valence-corrected chi connectivity index (χ1v) is 14.6. The van der Waals surface area contributed by atoms with Crippen molar-refractivity contribution in [2.24, 2.45) is 29.1 Å². The lowest BCUT2D eigenvalue weighted by molar-refractivity contribution is -0.175. The number of hydrogen-bond acceptors (Lipinski definition) is 6. The second-order valence-electron chi connectivity index (χ2n) is 12.4. The van der Waals surface area contributed by atoms with Crippen LogP contribution in [0.15, 0.2) is 24.3 Å². The molecule has 3 fully saturated rings. The molecule has 3 N–H and O–H groups in total. The van der Waals surface area contributed by atoms with Gasteiger partial charge >= 0.3 is 12.1 Å². The molecule has 1 aromatic rings. The highest BCUT2D eigenvalue weighted by atomic mass is 35.5. The summed E-state index contributed by atoms with van der Waals surface area (Å²) in [4.78, 5) is 66.0. The van der Waals surface area contributed by atoms with Crippen molar-refractivity contribution in [2.75, 3.05) is 19.7 Å². The van der Waals surface area contributed by atoms with Crippen LogP contribution in [0.2, 0.25) is 5.02 Å². The fourth-order valence-electron chi connectivity index (χ4n) is 6.22. The highest BCUT2D eigenvalue weighted by Gasteiger charge is 2.69. The zero-order chi connectivity index (χ0) is 31.9. The third-order valence-corrected chi connectivity index (χ3v) is 9.04. The summed E-state index contributed by atoms with van der Waals surface area (Å²) in [7, 11) is 0. The summed E-state index contributed by atoms with van der Waals surface area (Å²) in [5.74, 6) is -5.77. The van der Waals surface area contributed by atoms with E-state index in [1.165, 1.54) is 24.8 Å². The maximum absolute atomic E-state index is 13.9. The summed E-state index contributed by atoms with van der Waals surface area (Å²) in [6.45, 7) is 6.97. The molecule has 2 heterocycles. The average Bonchev–Trinajstić information content (AvgIpc) is 3.26. The normalized spacial score (nSPS) is 25.4. The lowest BCUT2D eigenvalue weighted by Crippen LogP contribution is -2.59. The molecule has 3 aliphatic rings. The Morgan fingerprint density at radius 3 is 2.47 bits per heavy atom. The molecule has 236 valence electrons. The minimum Gasteiger partial charge on any atom is -0.486 e. The van der Waals surface area contributed by atoms with Crippen molar-refractivity contribution in [2.45, 2.75) is 64.8 Å². The van der Waals surface area contributed by atoms with Gasteiger partial charge < -0.3 is 25.6 Å². The van der Waals surface area contributed by atoms with Crippen molar-refractivity contribution >= 4 is 41.0 Å². The number of likely N-dealkylation sites (tertiary alicyclic amines) is 1. The minimum absolute atomic E-state index is 0.00370. The van der Waals surface area contributed by atoms with Gasteiger partial charge in [-0.1, -0.05) is 45.4 Å². The number of rotatable bonds is 11. The van der Waals surface area contributed by atoms with Crippen LogP contribution in [0.4, 0.5) is 13.2 Å². The van der Waals surface area contributed by atoms with Gasteiger partial charge in [-0.05, 0) is 54.2 Å². The predicted octanol–water partition coefficient (Wildman–Crippen LogP) is 2.49. The van der Waals surface area contributed by atoms with Crippen LogP contribution in [-0.2, 0) is 24.0 Å². The van der Waals surface area contributed by atoms with Crippen LogP contribution >= 0.6 is 11.6 Å². The Balaban J connectivity index is 1.54. The number of fused-ring (bicyclic) bond motifs is 1. The predicted molar refractivity (Wildman–Crippen MR) is 149 cm³/mol. The Hall–Kier alpha value is -3.35. The van der Waals surface area contributed by atoms with Crippen molar-refractivity contribution in [3.8, 4) is 5.75 Å². The average molecular weight is 629 g/mol. The van der Waals surface area contributed by atoms with E-state index in [9.17, 15) is 37.1 Å². The Kier molecular flexibility index (Phi) is 9.34. The van der Waals surface area contributed by atoms with Gasteiger partial charge in [-0.15, -0.1) is 0 Å². The van der Waals surface area contributed by atoms with Crippen molar-refractivity contribution in [1.29, 1.82) is 0 Å². The van der Waals surface area contributed by atoms with E-state index in [2.05, 4.69) is 10.6 Å². The van der Waals surface area contributed by atoms with Crippen molar-refractivity contribution in [3.63, 3.8) is 0 Å². The van der Waals surface area contributed by atoms with E-state index in [1.54, 1.807) is 23.5 Å². The number of halogens is 4. The quantitative estimate of drug-likeness (QED) is 0.345. The molecule has 4 rings (SSSR count). The van der Waals surface area contributed by atoms with Gasteiger partial charge in [0, 0.05) is 24.0 Å². The Morgan fingerprint density at radius 2 is 1.88 bits per heavy atom. The van der Waals surface area contributed by atoms with Crippen LogP contribution in [0.5, 0.6) is 5.75 Å². The number of ketones is 1. The number of nitrogens with one attached hydrogen (secondary N) is 3. The highest BCUT2D eigenvalue weighted by Crippen LogP contribution is 2.65. The molecule has 14 heteroatoms. The van der Waals surface area contributed by atoms with E-state index in [-0.39, 0.29) is 36.1 Å². The van der Waals surface area contributed by atoms with Gasteiger partial charge in [0.2, 0.25) is 17.7 Å². The molecule has 1 aliphatic carbocycles. The van der Waals surface area contributed by atoms with Crippen LogP contribution in [0.1, 0.15) is 40.5 Å². The number of hydrogen-bond donors (Lipinski definition) is 3. The van der Waals surface area contributed by atoms with Gasteiger partial charge in [-0.2, -0.15) is 13.2 Å². The van der Waals surface area contributed by atoms with Crippen molar-refractivity contribution < 1.29 is 41.9 Å². The van der Waals surface area contributed by atoms with E-state index in [4.69, 9.17) is 16.3 Å². The van der Waals surface area contributed by atoms with Gasteiger partial charge in [0.05, 0.1) is 6.04 Å². The lowest BCUT2D eigenvalue weighted by Gasteiger charge is -2.35. The smallest absolute Gasteiger partial charge is 0.471 e. The Bertz CT molecular complexity index is 1290. The first-order valence-electron chi connectivity index (χ1n) is 14.2. The fourth-order valence-corrected chi connectivity index (χ4v) is 6.40. The number of piperidine rings is 1. The second-order valence-corrected chi connectivity index (χ2v) is 12.8. The molecule has 6 atom stereocenters. The molecule has 43 heavy (non-hydrogen) atoms. The first-order chi connectivity index (χ1) is 20.0. The summed E-state index contributed by atoms with van der Waals surface area (Å²) in [5, 5.41) is 7.62. The molecular weight excluding hydrogens is 593 g/mol. The third kappa shape index (κ3) is 7.08. The number of carbonyl (C=O) groups is 5. The van der Waals surface area contributed by atoms with Crippen LogP contribution in [-0.4, -0.2) is 78.3 Å². The fraction of sp³-hybridized carbons (Fsp3) is 0.621. The van der Waals surface area contributed by atoms with Crippen molar-refractivity contribution in [1.82, 2.24) is 20.9 Å². The SMILES string of the molecule is CC(C)[C@H](NC(=O)C(F)(F)F)C(=O)N1C[C@H]2[C@@H]([C@H]1C(=O)N[C@@H](C[C@@H]1CCNC1=O)C(=O)COc1cccc(Cl)c1)C2(C)C. The molecular formula is C29H36ClF3N4O6. The number of nitrogens with zero attached hydrogens (tertiary/aromatic N) is 1. The largest absolute Gasteiger partial charge is 0.486 e. The Morgan fingerprint density at radius 1 is 1.19 bits per heavy atom. The molecule has 2 aliphatic heterocycles. The number of carbonyl (C=O) groups excluding carboxylic acids is 5. The molecule has 0 bridgehead atoms. The Labute approximate surface area is 252 Å². The monoisotopic (exact) mass is 628 g/mol. The van der Waals surface area contributed by atoms with Crippen LogP contribution in [0.25, 0.3) is 0 Å². The molecule has 0 unspecified atom stereocenters. The summed E-state index contributed by atoms with van der Waals surface area (Å²) >= 11 is 5.99. The van der Waals surface area contributed by atoms with Gasteiger partial charge in [0.1, 0.15) is 24.4 Å². The number of amides is 4. The lowest BCUT2D eigenvalue weighted by atomic mass is 9.94. The van der Waals surface area contributed by atoms with Gasteiger partial charge in [-0.25, -0.2) is 0 Å². The number of ether oxygens (including phenoxy) is 1. The minimum atomic E-state index is -5.19. The van der Waals surface area contributed by atoms with E-state index in [0.717, 1.165) is 0 Å². The molecule has 0 aromatic heterocycles. The topological polar surface area (TPSA) is 134 Å². The van der Waals surface area contributed by atoms with E-state index in [1.807, 2.05) is 13.8 Å². The zero-order valence-corrected chi connectivity index (χ0v) is 25.1. The highest BCUT2D eigenvalue weighted by molar-refractivity contribution is 6.30. The van der Waals surface area contributed by atoms with E-state index >= 15 is 0 Å². The summed E-state index contributed by atoms with van der Waals surface area (Å²) < 4.78 is 44.6. The van der Waals surface area contributed by atoms with Crippen molar-refractivity contribution in [3.05, 3.63) is 29.3 Å².